The zero-order chi connectivity index (χ0) is 25.5. The third-order valence-electron chi connectivity index (χ3n) is 7.59. The predicted molar refractivity (Wildman–Crippen MR) is 139 cm³/mol. The van der Waals surface area contributed by atoms with Crippen molar-refractivity contribution < 1.29 is 23.6 Å². The summed E-state index contributed by atoms with van der Waals surface area (Å²) in [4.78, 5) is 41.3. The van der Waals surface area contributed by atoms with Crippen LogP contribution in [-0.4, -0.2) is 67.0 Å². The number of rotatable bonds is 7. The van der Waals surface area contributed by atoms with E-state index in [9.17, 15) is 14.4 Å². The van der Waals surface area contributed by atoms with E-state index >= 15 is 0 Å². The number of methoxy groups -OCH3 is 1. The number of piperidine rings is 2. The van der Waals surface area contributed by atoms with E-state index in [0.29, 0.717) is 28.8 Å². The van der Waals surface area contributed by atoms with Crippen LogP contribution >= 0.6 is 0 Å². The van der Waals surface area contributed by atoms with Gasteiger partial charge in [-0.15, -0.1) is 0 Å². The number of carbonyl (C=O) groups excluding carboxylic acids is 3. The molecular formula is C29H38N3O4+. The number of nitrogens with zero attached hydrogens (tertiary/aromatic N) is 2. The first-order valence-electron chi connectivity index (χ1n) is 13.1. The molecular weight excluding hydrogens is 454 g/mol. The Morgan fingerprint density at radius 3 is 2.47 bits per heavy atom. The summed E-state index contributed by atoms with van der Waals surface area (Å²) in [6.45, 7) is 5.98. The molecule has 0 bridgehead atoms. The second-order valence-corrected chi connectivity index (χ2v) is 10.3. The maximum Gasteiger partial charge on any atom is 0.339 e. The van der Waals surface area contributed by atoms with Gasteiger partial charge in [0.25, 0.3) is 5.91 Å². The summed E-state index contributed by atoms with van der Waals surface area (Å²) in [5.41, 5.74) is 2.79. The van der Waals surface area contributed by atoms with Crippen LogP contribution in [0.5, 0.6) is 0 Å². The highest BCUT2D eigenvalue weighted by Gasteiger charge is 2.41. The number of amides is 2. The number of esters is 1. The van der Waals surface area contributed by atoms with Gasteiger partial charge >= 0.3 is 5.97 Å². The number of hydrogen-bond donors (Lipinski definition) is 1. The van der Waals surface area contributed by atoms with E-state index in [1.165, 1.54) is 13.5 Å². The Hall–Kier alpha value is -3.19. The van der Waals surface area contributed by atoms with Crippen molar-refractivity contribution in [2.45, 2.75) is 45.6 Å². The highest BCUT2D eigenvalue weighted by Crippen LogP contribution is 2.29. The van der Waals surface area contributed by atoms with Crippen LogP contribution in [0.15, 0.2) is 48.5 Å². The van der Waals surface area contributed by atoms with E-state index in [2.05, 4.69) is 17.4 Å². The zero-order valence-electron chi connectivity index (χ0n) is 21.5. The topological polar surface area (TPSA) is 75.7 Å². The number of para-hydroxylation sites is 1. The lowest BCUT2D eigenvalue weighted by Crippen LogP contribution is -2.59. The molecule has 0 aliphatic carbocycles. The van der Waals surface area contributed by atoms with E-state index in [1.54, 1.807) is 12.1 Å². The lowest BCUT2D eigenvalue weighted by molar-refractivity contribution is -0.940. The van der Waals surface area contributed by atoms with E-state index < -0.39 is 5.97 Å². The van der Waals surface area contributed by atoms with Gasteiger partial charge < -0.3 is 19.4 Å². The molecule has 2 fully saturated rings. The normalized spacial score (nSPS) is 22.1. The first-order chi connectivity index (χ1) is 17.4. The minimum atomic E-state index is -0.479. The molecule has 0 radical (unpaired) electrons. The zero-order valence-corrected chi connectivity index (χ0v) is 21.5. The number of likely N-dealkylation sites (tertiary alicyclic amines) is 2. The molecule has 2 amide bonds. The Labute approximate surface area is 214 Å². The number of hydrogen-bond acceptors (Lipinski definition) is 4. The first kappa shape index (κ1) is 25.9. The Bertz CT molecular complexity index is 1080. The summed E-state index contributed by atoms with van der Waals surface area (Å²) >= 11 is 0. The Morgan fingerprint density at radius 1 is 1.00 bits per heavy atom. The Kier molecular flexibility index (Phi) is 8.41. The molecule has 192 valence electrons. The van der Waals surface area contributed by atoms with Crippen LogP contribution in [0.2, 0.25) is 0 Å². The van der Waals surface area contributed by atoms with Crippen molar-refractivity contribution in [3.63, 3.8) is 0 Å². The molecule has 2 aliphatic heterocycles. The maximum atomic E-state index is 13.5. The van der Waals surface area contributed by atoms with Gasteiger partial charge in [-0.2, -0.15) is 0 Å². The van der Waals surface area contributed by atoms with Crippen LogP contribution < -0.4 is 5.32 Å². The quantitative estimate of drug-likeness (QED) is 0.465. The lowest BCUT2D eigenvalue weighted by Gasteiger charge is -2.44. The smallest absolute Gasteiger partial charge is 0.339 e. The largest absolute Gasteiger partial charge is 0.465 e. The fraction of sp³-hybridized carbons (Fsp3) is 0.483. The number of anilines is 1. The Morgan fingerprint density at radius 2 is 1.75 bits per heavy atom. The SMILES string of the molecule is COC(=O)c1cccc(C)c1NC(=O)C[N+]1(Cc2ccccc2)CCCC(C(=O)N2CCCCC2)C1. The van der Waals surface area contributed by atoms with Gasteiger partial charge in [-0.05, 0) is 50.7 Å². The summed E-state index contributed by atoms with van der Waals surface area (Å²) < 4.78 is 5.45. The van der Waals surface area contributed by atoms with Gasteiger partial charge in [0.15, 0.2) is 6.54 Å². The van der Waals surface area contributed by atoms with E-state index in [1.807, 2.05) is 36.1 Å². The first-order valence-corrected chi connectivity index (χ1v) is 13.1. The number of carbonyl (C=O) groups is 3. The van der Waals surface area contributed by atoms with Gasteiger partial charge in [0.2, 0.25) is 5.91 Å². The van der Waals surface area contributed by atoms with Crippen LogP contribution in [-0.2, 0) is 20.9 Å². The molecule has 1 N–H and O–H groups in total. The average Bonchev–Trinajstić information content (AvgIpc) is 2.90. The van der Waals surface area contributed by atoms with Crippen molar-refractivity contribution in [3.8, 4) is 0 Å². The van der Waals surface area contributed by atoms with Crippen LogP contribution in [0.3, 0.4) is 0 Å². The molecule has 0 aromatic heterocycles. The summed E-state index contributed by atoms with van der Waals surface area (Å²) in [7, 11) is 1.34. The molecule has 4 rings (SSSR count). The van der Waals surface area contributed by atoms with Gasteiger partial charge in [0, 0.05) is 18.7 Å². The monoisotopic (exact) mass is 492 g/mol. The summed E-state index contributed by atoms with van der Waals surface area (Å²) in [6.07, 6.45) is 5.11. The van der Waals surface area contributed by atoms with Gasteiger partial charge in [-0.1, -0.05) is 42.5 Å². The molecule has 2 unspecified atom stereocenters. The Balaban J connectivity index is 1.56. The van der Waals surface area contributed by atoms with E-state index in [0.717, 1.165) is 56.4 Å². The highest BCUT2D eigenvalue weighted by molar-refractivity contribution is 6.02. The van der Waals surface area contributed by atoms with Crippen molar-refractivity contribution in [1.29, 1.82) is 0 Å². The standard InChI is InChI=1S/C29H37N3O4/c1-22-11-9-15-25(29(35)36-2)27(22)30-26(33)21-32(19-23-12-5-3-6-13-23)18-10-14-24(20-32)28(34)31-16-7-4-8-17-31/h3,5-6,9,11-13,15,24H,4,7-8,10,14,16-21H2,1-2H3/p+1. The molecule has 2 atom stereocenters. The van der Waals surface area contributed by atoms with Crippen molar-refractivity contribution >= 4 is 23.5 Å². The maximum absolute atomic E-state index is 13.5. The second kappa shape index (κ2) is 11.7. The molecule has 2 aromatic rings. The number of nitrogens with one attached hydrogen (secondary N) is 1. The minimum absolute atomic E-state index is 0.0718. The van der Waals surface area contributed by atoms with Crippen LogP contribution in [0, 0.1) is 12.8 Å². The van der Waals surface area contributed by atoms with Crippen LogP contribution in [0.4, 0.5) is 5.69 Å². The van der Waals surface area contributed by atoms with Crippen LogP contribution in [0.25, 0.3) is 0 Å². The van der Waals surface area contributed by atoms with Crippen molar-refractivity contribution in [3.05, 3.63) is 65.2 Å². The summed E-state index contributed by atoms with van der Waals surface area (Å²) in [5, 5.41) is 3.01. The van der Waals surface area contributed by atoms with Crippen molar-refractivity contribution in [2.75, 3.05) is 45.2 Å². The van der Waals surface area contributed by atoms with Crippen LogP contribution in [0.1, 0.15) is 53.6 Å². The molecule has 2 aliphatic rings. The average molecular weight is 493 g/mol. The van der Waals surface area contributed by atoms with E-state index in [-0.39, 0.29) is 24.3 Å². The summed E-state index contributed by atoms with van der Waals surface area (Å²) in [5.74, 6) is -0.460. The van der Waals surface area contributed by atoms with Gasteiger partial charge in [-0.25, -0.2) is 4.79 Å². The van der Waals surface area contributed by atoms with Gasteiger partial charge in [0.1, 0.15) is 6.54 Å². The van der Waals surface area contributed by atoms with Crippen molar-refractivity contribution in [1.82, 2.24) is 4.90 Å². The molecule has 2 saturated heterocycles. The van der Waals surface area contributed by atoms with Gasteiger partial charge in [0.05, 0.1) is 37.4 Å². The van der Waals surface area contributed by atoms with Gasteiger partial charge in [-0.3, -0.25) is 9.59 Å². The molecule has 2 aromatic carbocycles. The van der Waals surface area contributed by atoms with E-state index in [4.69, 9.17) is 4.74 Å². The molecule has 2 heterocycles. The number of benzene rings is 2. The third kappa shape index (κ3) is 6.13. The molecule has 0 spiro atoms. The van der Waals surface area contributed by atoms with Crippen molar-refractivity contribution in [2.24, 2.45) is 5.92 Å². The highest BCUT2D eigenvalue weighted by atomic mass is 16.5. The predicted octanol–water partition coefficient (Wildman–Crippen LogP) is 4.16. The fourth-order valence-corrected chi connectivity index (χ4v) is 5.81. The fourth-order valence-electron chi connectivity index (χ4n) is 5.81. The molecule has 0 saturated carbocycles. The number of aryl methyl sites for hydroxylation is 1. The number of ether oxygens (including phenoxy) is 1. The number of quaternary nitrogens is 1. The molecule has 7 heteroatoms. The third-order valence-corrected chi connectivity index (χ3v) is 7.59. The molecule has 36 heavy (non-hydrogen) atoms. The second-order valence-electron chi connectivity index (χ2n) is 10.3. The summed E-state index contributed by atoms with van der Waals surface area (Å²) in [6, 6.07) is 15.5. The minimum Gasteiger partial charge on any atom is -0.465 e. The molecule has 7 nitrogen and oxygen atoms in total. The lowest BCUT2D eigenvalue weighted by atomic mass is 9.92.